The number of hydrogen-bond donors (Lipinski definition) is 0. The second-order valence-corrected chi connectivity index (χ2v) is 7.27. The first kappa shape index (κ1) is 15.0. The molecule has 4 heteroatoms. The van der Waals surface area contributed by atoms with Gasteiger partial charge in [0.05, 0.1) is 5.56 Å². The lowest BCUT2D eigenvalue weighted by Gasteiger charge is -2.40. The fraction of sp³-hybridized carbons (Fsp3) is 0.706. The Morgan fingerprint density at radius 2 is 1.90 bits per heavy atom. The van der Waals surface area contributed by atoms with Crippen LogP contribution in [0.15, 0.2) is 11.4 Å². The minimum Gasteiger partial charge on any atom is -0.336 e. The highest BCUT2D eigenvalue weighted by Crippen LogP contribution is 2.24. The molecule has 0 N–H and O–H groups in total. The van der Waals surface area contributed by atoms with Crippen molar-refractivity contribution in [2.24, 2.45) is 0 Å². The van der Waals surface area contributed by atoms with Crippen LogP contribution in [0, 0.1) is 0 Å². The maximum absolute atomic E-state index is 12.5. The summed E-state index contributed by atoms with van der Waals surface area (Å²) < 4.78 is 0. The topological polar surface area (TPSA) is 23.6 Å². The number of rotatable bonds is 3. The van der Waals surface area contributed by atoms with Crippen molar-refractivity contribution >= 4 is 17.2 Å². The summed E-state index contributed by atoms with van der Waals surface area (Å²) >= 11 is 1.71. The van der Waals surface area contributed by atoms with E-state index in [0.29, 0.717) is 0 Å². The van der Waals surface area contributed by atoms with Gasteiger partial charge < -0.3 is 4.90 Å². The van der Waals surface area contributed by atoms with Crippen molar-refractivity contribution in [3.05, 3.63) is 21.9 Å². The summed E-state index contributed by atoms with van der Waals surface area (Å²) in [5, 5.41) is 2.02. The Bertz CT molecular complexity index is 471. The lowest BCUT2D eigenvalue weighted by atomic mass is 9.94. The Morgan fingerprint density at radius 1 is 1.19 bits per heavy atom. The van der Waals surface area contributed by atoms with Crippen LogP contribution in [0.1, 0.15) is 54.3 Å². The zero-order valence-electron chi connectivity index (χ0n) is 13.0. The van der Waals surface area contributed by atoms with Gasteiger partial charge in [-0.2, -0.15) is 0 Å². The molecule has 0 radical (unpaired) electrons. The SMILES string of the molecule is CCc1cc(C(=O)N2CCN(C3CCCCC3)CC2)cs1. The Morgan fingerprint density at radius 3 is 2.52 bits per heavy atom. The van der Waals surface area contributed by atoms with Gasteiger partial charge in [0, 0.05) is 42.5 Å². The molecule has 1 amide bonds. The molecule has 21 heavy (non-hydrogen) atoms. The summed E-state index contributed by atoms with van der Waals surface area (Å²) in [5.74, 6) is 0.231. The Hall–Kier alpha value is -0.870. The highest BCUT2D eigenvalue weighted by atomic mass is 32.1. The number of thiophene rings is 1. The fourth-order valence-corrected chi connectivity index (χ4v) is 4.41. The summed E-state index contributed by atoms with van der Waals surface area (Å²) in [5.41, 5.74) is 0.892. The first-order valence-corrected chi connectivity index (χ1v) is 9.26. The van der Waals surface area contributed by atoms with Gasteiger partial charge in [0.15, 0.2) is 0 Å². The van der Waals surface area contributed by atoms with Gasteiger partial charge in [-0.25, -0.2) is 0 Å². The number of carbonyl (C=O) groups is 1. The van der Waals surface area contributed by atoms with Crippen LogP contribution in [-0.4, -0.2) is 47.9 Å². The van der Waals surface area contributed by atoms with Crippen molar-refractivity contribution in [3.63, 3.8) is 0 Å². The van der Waals surface area contributed by atoms with Crippen molar-refractivity contribution in [2.45, 2.75) is 51.5 Å². The lowest BCUT2D eigenvalue weighted by molar-refractivity contribution is 0.0523. The largest absolute Gasteiger partial charge is 0.336 e. The maximum Gasteiger partial charge on any atom is 0.254 e. The Balaban J connectivity index is 1.53. The zero-order valence-corrected chi connectivity index (χ0v) is 13.8. The number of amides is 1. The standard InChI is InChI=1S/C17H26N2OS/c1-2-16-12-14(13-21-16)17(20)19-10-8-18(9-11-19)15-6-4-3-5-7-15/h12-13,15H,2-11H2,1H3. The van der Waals surface area contributed by atoms with Gasteiger partial charge in [0.2, 0.25) is 0 Å². The van der Waals surface area contributed by atoms with E-state index in [-0.39, 0.29) is 5.91 Å². The second-order valence-electron chi connectivity index (χ2n) is 6.28. The summed E-state index contributed by atoms with van der Waals surface area (Å²) in [6.07, 6.45) is 7.92. The molecule has 1 aliphatic carbocycles. The highest BCUT2D eigenvalue weighted by molar-refractivity contribution is 7.10. The van der Waals surface area contributed by atoms with Gasteiger partial charge >= 0.3 is 0 Å². The molecule has 0 atom stereocenters. The molecule has 0 bridgehead atoms. The molecule has 1 saturated carbocycles. The van der Waals surface area contributed by atoms with Crippen LogP contribution in [0.3, 0.4) is 0 Å². The molecule has 1 saturated heterocycles. The van der Waals surface area contributed by atoms with Crippen LogP contribution in [0.4, 0.5) is 0 Å². The van der Waals surface area contributed by atoms with E-state index in [9.17, 15) is 4.79 Å². The Labute approximate surface area is 131 Å². The average Bonchev–Trinajstić information content (AvgIpc) is 3.04. The van der Waals surface area contributed by atoms with Crippen molar-refractivity contribution in [1.82, 2.24) is 9.80 Å². The second kappa shape index (κ2) is 6.93. The van der Waals surface area contributed by atoms with E-state index < -0.39 is 0 Å². The van der Waals surface area contributed by atoms with Crippen LogP contribution >= 0.6 is 11.3 Å². The smallest absolute Gasteiger partial charge is 0.254 e. The third-order valence-electron chi connectivity index (χ3n) is 4.94. The van der Waals surface area contributed by atoms with Gasteiger partial charge in [-0.15, -0.1) is 11.3 Å². The van der Waals surface area contributed by atoms with E-state index in [0.717, 1.165) is 44.2 Å². The predicted octanol–water partition coefficient (Wildman–Crippen LogP) is 3.40. The van der Waals surface area contributed by atoms with Gasteiger partial charge in [0.25, 0.3) is 5.91 Å². The molecule has 2 fully saturated rings. The van der Waals surface area contributed by atoms with Crippen LogP contribution in [0.2, 0.25) is 0 Å². The van der Waals surface area contributed by atoms with Crippen LogP contribution in [0.25, 0.3) is 0 Å². The molecule has 1 aromatic rings. The van der Waals surface area contributed by atoms with E-state index >= 15 is 0 Å². The molecule has 1 aromatic heterocycles. The molecular weight excluding hydrogens is 280 g/mol. The number of nitrogens with zero attached hydrogens (tertiary/aromatic N) is 2. The third-order valence-corrected chi connectivity index (χ3v) is 6.02. The summed E-state index contributed by atoms with van der Waals surface area (Å²) in [6.45, 7) is 6.05. The molecule has 0 aromatic carbocycles. The molecule has 2 aliphatic rings. The quantitative estimate of drug-likeness (QED) is 0.854. The average molecular weight is 306 g/mol. The first-order valence-electron chi connectivity index (χ1n) is 8.38. The molecule has 3 rings (SSSR count). The van der Waals surface area contributed by atoms with Crippen LogP contribution < -0.4 is 0 Å². The summed E-state index contributed by atoms with van der Waals surface area (Å²) in [7, 11) is 0. The molecule has 0 unspecified atom stereocenters. The van der Waals surface area contributed by atoms with Crippen molar-refractivity contribution in [2.75, 3.05) is 26.2 Å². The highest BCUT2D eigenvalue weighted by Gasteiger charge is 2.27. The number of hydrogen-bond acceptors (Lipinski definition) is 3. The van der Waals surface area contributed by atoms with E-state index in [2.05, 4.69) is 17.9 Å². The van der Waals surface area contributed by atoms with Gasteiger partial charge in [0.1, 0.15) is 0 Å². The number of aryl methyl sites for hydroxylation is 1. The maximum atomic E-state index is 12.5. The lowest BCUT2D eigenvalue weighted by Crippen LogP contribution is -2.52. The summed E-state index contributed by atoms with van der Waals surface area (Å²) in [4.78, 5) is 18.5. The Kier molecular flexibility index (Phi) is 4.96. The van der Waals surface area contributed by atoms with Crippen molar-refractivity contribution in [1.29, 1.82) is 0 Å². The van der Waals surface area contributed by atoms with Gasteiger partial charge in [-0.3, -0.25) is 9.69 Å². The van der Waals surface area contributed by atoms with E-state index in [1.807, 2.05) is 10.3 Å². The number of carbonyl (C=O) groups excluding carboxylic acids is 1. The van der Waals surface area contributed by atoms with E-state index in [1.54, 1.807) is 11.3 Å². The molecule has 0 spiro atoms. The van der Waals surface area contributed by atoms with E-state index in [4.69, 9.17) is 0 Å². The summed E-state index contributed by atoms with van der Waals surface area (Å²) in [6, 6.07) is 2.85. The molecule has 2 heterocycles. The van der Waals surface area contributed by atoms with Crippen molar-refractivity contribution < 1.29 is 4.79 Å². The van der Waals surface area contributed by atoms with Crippen molar-refractivity contribution in [3.8, 4) is 0 Å². The molecule has 116 valence electrons. The minimum atomic E-state index is 0.231. The minimum absolute atomic E-state index is 0.231. The molecule has 1 aliphatic heterocycles. The monoisotopic (exact) mass is 306 g/mol. The zero-order chi connectivity index (χ0) is 14.7. The van der Waals surface area contributed by atoms with E-state index in [1.165, 1.54) is 37.0 Å². The van der Waals surface area contributed by atoms with Gasteiger partial charge in [-0.05, 0) is 25.3 Å². The number of piperazine rings is 1. The first-order chi connectivity index (χ1) is 10.3. The predicted molar refractivity (Wildman–Crippen MR) is 88.0 cm³/mol. The van der Waals surface area contributed by atoms with Crippen LogP contribution in [-0.2, 0) is 6.42 Å². The van der Waals surface area contributed by atoms with Gasteiger partial charge in [-0.1, -0.05) is 26.2 Å². The molecule has 3 nitrogen and oxygen atoms in total. The fourth-order valence-electron chi connectivity index (χ4n) is 3.60. The normalized spacial score (nSPS) is 21.7. The molecular formula is C17H26N2OS. The third kappa shape index (κ3) is 3.49. The van der Waals surface area contributed by atoms with Crippen LogP contribution in [0.5, 0.6) is 0 Å².